The maximum Gasteiger partial charge on any atom is 0.248 e. The quantitative estimate of drug-likeness (QED) is 0.498. The maximum atomic E-state index is 13.0. The number of aromatic nitrogens is 5. The second-order valence-corrected chi connectivity index (χ2v) is 10.2. The summed E-state index contributed by atoms with van der Waals surface area (Å²) >= 11 is 7.20. The Balaban J connectivity index is 1.26. The minimum Gasteiger partial charge on any atom is -0.329 e. The van der Waals surface area contributed by atoms with Crippen molar-refractivity contribution in [2.75, 3.05) is 22.1 Å². The molecule has 1 amide bonds. The van der Waals surface area contributed by atoms with Gasteiger partial charge in [-0.15, -0.1) is 0 Å². The van der Waals surface area contributed by atoms with Gasteiger partial charge in [0, 0.05) is 29.8 Å². The van der Waals surface area contributed by atoms with Crippen molar-refractivity contribution in [3.8, 4) is 0 Å². The summed E-state index contributed by atoms with van der Waals surface area (Å²) in [5.74, 6) is 2.69. The Morgan fingerprint density at radius 2 is 2.12 bits per heavy atom. The second-order valence-electron chi connectivity index (χ2n) is 8.57. The predicted octanol–water partition coefficient (Wildman–Crippen LogP) is 4.03. The molecule has 1 saturated carbocycles. The second kappa shape index (κ2) is 8.00. The van der Waals surface area contributed by atoms with Gasteiger partial charge in [0.05, 0.1) is 11.9 Å². The molecule has 1 aliphatic heterocycles. The molecule has 3 N–H and O–H groups in total. The Morgan fingerprint density at radius 1 is 1.22 bits per heavy atom. The molecule has 0 spiro atoms. The van der Waals surface area contributed by atoms with Gasteiger partial charge in [-0.3, -0.25) is 9.89 Å². The summed E-state index contributed by atoms with van der Waals surface area (Å²) in [7, 11) is 0. The average molecular weight is 471 g/mol. The number of aromatic amines is 1. The number of carbonyl (C=O) groups is 1. The van der Waals surface area contributed by atoms with E-state index in [1.807, 2.05) is 4.90 Å². The summed E-state index contributed by atoms with van der Waals surface area (Å²) in [6.45, 7) is 0.739. The third-order valence-electron chi connectivity index (χ3n) is 6.30. The fourth-order valence-electron chi connectivity index (χ4n) is 4.56. The minimum absolute atomic E-state index is 0.103. The van der Waals surface area contributed by atoms with Crippen LogP contribution in [0.25, 0.3) is 0 Å². The van der Waals surface area contributed by atoms with Crippen LogP contribution >= 0.6 is 22.9 Å². The number of hydrogen-bond donors (Lipinski definition) is 3. The van der Waals surface area contributed by atoms with Crippen LogP contribution in [0.4, 0.5) is 22.7 Å². The summed E-state index contributed by atoms with van der Waals surface area (Å²) in [5.41, 5.74) is 3.40. The molecule has 11 heteroatoms. The number of thiazole rings is 1. The zero-order valence-electron chi connectivity index (χ0n) is 17.4. The standard InChI is InChI=1S/C21H23ClN8OS/c22-16-10-23-21(32-16)27-19(31)15-5-2-8-30(15)20-24-13-4-1-3-12(13)18(26-20)25-17-9-14(28-29-17)11-6-7-11/h9-11,15H,1-8H2,(H,23,27,31)(H2,24,25,26,28,29)/t15-/m0/s1. The maximum absolute atomic E-state index is 13.0. The number of carbonyl (C=O) groups excluding carboxylic acids is 1. The van der Waals surface area contributed by atoms with Crippen molar-refractivity contribution < 1.29 is 4.79 Å². The molecule has 0 aromatic carbocycles. The molecular formula is C21H23ClN8OS. The normalized spacial score (nSPS) is 19.9. The summed E-state index contributed by atoms with van der Waals surface area (Å²) in [4.78, 5) is 28.8. The highest BCUT2D eigenvalue weighted by atomic mass is 35.5. The monoisotopic (exact) mass is 470 g/mol. The van der Waals surface area contributed by atoms with E-state index in [1.165, 1.54) is 29.9 Å². The van der Waals surface area contributed by atoms with Crippen LogP contribution in [0.1, 0.15) is 55.0 Å². The van der Waals surface area contributed by atoms with Crippen LogP contribution in [-0.4, -0.2) is 43.6 Å². The molecular weight excluding hydrogens is 448 g/mol. The van der Waals surface area contributed by atoms with Crippen LogP contribution in [0.3, 0.4) is 0 Å². The van der Waals surface area contributed by atoms with Crippen LogP contribution in [0, 0.1) is 0 Å². The van der Waals surface area contributed by atoms with Gasteiger partial charge < -0.3 is 15.5 Å². The molecule has 6 rings (SSSR count). The first kappa shape index (κ1) is 19.9. The molecule has 32 heavy (non-hydrogen) atoms. The van der Waals surface area contributed by atoms with E-state index in [4.69, 9.17) is 21.6 Å². The van der Waals surface area contributed by atoms with Crippen LogP contribution in [0.15, 0.2) is 12.3 Å². The van der Waals surface area contributed by atoms with E-state index >= 15 is 0 Å². The number of amides is 1. The summed E-state index contributed by atoms with van der Waals surface area (Å²) in [6.07, 6.45) is 8.58. The fraction of sp³-hybridized carbons (Fsp3) is 0.476. The number of rotatable bonds is 6. The molecule has 1 saturated heterocycles. The molecule has 0 bridgehead atoms. The van der Waals surface area contributed by atoms with Crippen molar-refractivity contribution in [2.45, 2.75) is 56.9 Å². The Morgan fingerprint density at radius 3 is 2.94 bits per heavy atom. The van der Waals surface area contributed by atoms with Crippen LogP contribution in [0.2, 0.25) is 4.34 Å². The van der Waals surface area contributed by atoms with Gasteiger partial charge in [0.2, 0.25) is 11.9 Å². The SMILES string of the molecule is O=C(Nc1ncc(Cl)s1)[C@@H]1CCCN1c1nc2c(c(Nc3cc(C4CC4)[nH]n3)n1)CCC2. The Bertz CT molecular complexity index is 1170. The lowest BCUT2D eigenvalue weighted by molar-refractivity contribution is -0.117. The Labute approximate surface area is 194 Å². The first-order valence-corrected chi connectivity index (χ1v) is 12.2. The van der Waals surface area contributed by atoms with Gasteiger partial charge in [-0.25, -0.2) is 9.97 Å². The number of nitrogens with zero attached hydrogens (tertiary/aromatic N) is 5. The van der Waals surface area contributed by atoms with Crippen LogP contribution in [-0.2, 0) is 17.6 Å². The van der Waals surface area contributed by atoms with E-state index in [9.17, 15) is 4.79 Å². The van der Waals surface area contributed by atoms with Crippen molar-refractivity contribution in [3.63, 3.8) is 0 Å². The minimum atomic E-state index is -0.336. The fourth-order valence-corrected chi connectivity index (χ4v) is 5.37. The van der Waals surface area contributed by atoms with Crippen LogP contribution < -0.4 is 15.5 Å². The van der Waals surface area contributed by atoms with Crippen molar-refractivity contribution in [2.24, 2.45) is 0 Å². The third kappa shape index (κ3) is 3.81. The number of fused-ring (bicyclic) bond motifs is 1. The smallest absolute Gasteiger partial charge is 0.248 e. The summed E-state index contributed by atoms with van der Waals surface area (Å²) < 4.78 is 0.546. The molecule has 0 radical (unpaired) electrons. The number of halogens is 1. The van der Waals surface area contributed by atoms with Gasteiger partial charge in [0.1, 0.15) is 16.2 Å². The van der Waals surface area contributed by atoms with Crippen molar-refractivity contribution in [3.05, 3.63) is 33.6 Å². The molecule has 1 atom stereocenters. The van der Waals surface area contributed by atoms with E-state index in [0.717, 1.165) is 61.5 Å². The highest BCUT2D eigenvalue weighted by Gasteiger charge is 2.34. The highest BCUT2D eigenvalue weighted by Crippen LogP contribution is 2.40. The zero-order chi connectivity index (χ0) is 21.7. The average Bonchev–Trinajstić information content (AvgIpc) is 3.20. The number of anilines is 4. The van der Waals surface area contributed by atoms with E-state index in [0.29, 0.717) is 21.3 Å². The largest absolute Gasteiger partial charge is 0.329 e. The van der Waals surface area contributed by atoms with Crippen LogP contribution in [0.5, 0.6) is 0 Å². The van der Waals surface area contributed by atoms with Crippen molar-refractivity contribution in [1.82, 2.24) is 25.1 Å². The number of aryl methyl sites for hydroxylation is 1. The van der Waals surface area contributed by atoms with E-state index in [-0.39, 0.29) is 11.9 Å². The summed E-state index contributed by atoms with van der Waals surface area (Å²) in [6, 6.07) is 1.74. The van der Waals surface area contributed by atoms with Crippen molar-refractivity contribution in [1.29, 1.82) is 0 Å². The Hall–Kier alpha value is -2.72. The van der Waals surface area contributed by atoms with Gasteiger partial charge in [-0.05, 0) is 44.9 Å². The van der Waals surface area contributed by atoms with Gasteiger partial charge in [0.15, 0.2) is 10.9 Å². The molecule has 166 valence electrons. The van der Waals surface area contributed by atoms with E-state index in [2.05, 4.69) is 31.9 Å². The number of hydrogen-bond acceptors (Lipinski definition) is 8. The van der Waals surface area contributed by atoms with Gasteiger partial charge in [0.25, 0.3) is 0 Å². The molecule has 0 unspecified atom stereocenters. The molecule has 2 fully saturated rings. The number of H-pyrrole nitrogens is 1. The van der Waals surface area contributed by atoms with Gasteiger partial charge in [-0.1, -0.05) is 22.9 Å². The predicted molar refractivity (Wildman–Crippen MR) is 124 cm³/mol. The van der Waals surface area contributed by atoms with Gasteiger partial charge in [-0.2, -0.15) is 10.1 Å². The Kier molecular flexibility index (Phi) is 4.98. The highest BCUT2D eigenvalue weighted by molar-refractivity contribution is 7.19. The topological polar surface area (TPSA) is 112 Å². The molecule has 9 nitrogen and oxygen atoms in total. The summed E-state index contributed by atoms with van der Waals surface area (Å²) in [5, 5.41) is 14.4. The zero-order valence-corrected chi connectivity index (χ0v) is 19.0. The molecule has 3 aromatic rings. The first-order valence-electron chi connectivity index (χ1n) is 11.0. The molecule has 4 heterocycles. The van der Waals surface area contributed by atoms with Crippen molar-refractivity contribution >= 4 is 51.6 Å². The molecule has 2 aliphatic carbocycles. The lowest BCUT2D eigenvalue weighted by Crippen LogP contribution is -2.40. The van der Waals surface area contributed by atoms with E-state index < -0.39 is 0 Å². The van der Waals surface area contributed by atoms with Gasteiger partial charge >= 0.3 is 0 Å². The lowest BCUT2D eigenvalue weighted by Gasteiger charge is -2.24. The third-order valence-corrected chi connectivity index (χ3v) is 7.33. The lowest BCUT2D eigenvalue weighted by atomic mass is 10.2. The molecule has 3 aromatic heterocycles. The van der Waals surface area contributed by atoms with E-state index in [1.54, 1.807) is 6.20 Å². The first-order chi connectivity index (χ1) is 15.6. The molecule has 3 aliphatic rings. The number of nitrogens with one attached hydrogen (secondary N) is 3.